The summed E-state index contributed by atoms with van der Waals surface area (Å²) < 4.78 is 29.1. The van der Waals surface area contributed by atoms with Gasteiger partial charge in [0.2, 0.25) is 0 Å². The van der Waals surface area contributed by atoms with E-state index in [1.54, 1.807) is 12.1 Å². The molecular formula is C20H21F2N3SSi. The summed E-state index contributed by atoms with van der Waals surface area (Å²) in [7, 11) is -1.62. The third-order valence-corrected chi connectivity index (χ3v) is 7.05. The molecule has 7 heteroatoms. The molecule has 27 heavy (non-hydrogen) atoms. The van der Waals surface area contributed by atoms with Crippen LogP contribution in [0, 0.1) is 34.5 Å². The molecule has 3 nitrogen and oxygen atoms in total. The number of amidine groups is 1. The van der Waals surface area contributed by atoms with Gasteiger partial charge in [-0.2, -0.15) is 5.26 Å². The Bertz CT molecular complexity index is 951. The quantitative estimate of drug-likeness (QED) is 0.600. The molecule has 0 radical (unpaired) electrons. The van der Waals surface area contributed by atoms with Crippen molar-refractivity contribution in [3.63, 3.8) is 0 Å². The molecule has 3 atom stereocenters. The monoisotopic (exact) mass is 401 g/mol. The maximum atomic E-state index is 14.8. The van der Waals surface area contributed by atoms with Gasteiger partial charge in [0.15, 0.2) is 5.17 Å². The van der Waals surface area contributed by atoms with Crippen LogP contribution in [0.1, 0.15) is 24.0 Å². The van der Waals surface area contributed by atoms with Gasteiger partial charge < -0.3 is 5.73 Å². The standard InChI is InChI=1S/C20H21F2N3SSi/c1-13(21)20(17-12-19(17,8-9-23)26-18(24)25-20)15-11-14(5-6-16(15)22)7-10-27(2,3)4/h5-6,11,17H,1,8,12H2,2-4H3,(H2,24,25)/t17-,19+,20-/m1/s1. The summed E-state index contributed by atoms with van der Waals surface area (Å²) >= 11 is 1.28. The molecule has 1 aromatic carbocycles. The van der Waals surface area contributed by atoms with E-state index in [4.69, 9.17) is 5.73 Å². The molecule has 0 amide bonds. The van der Waals surface area contributed by atoms with Gasteiger partial charge in [-0.3, -0.25) is 0 Å². The summed E-state index contributed by atoms with van der Waals surface area (Å²) in [6.07, 6.45) is 0.729. The number of nitriles is 1. The average molecular weight is 402 g/mol. The lowest BCUT2D eigenvalue weighted by Gasteiger charge is -2.35. The fourth-order valence-electron chi connectivity index (χ4n) is 3.57. The van der Waals surface area contributed by atoms with Crippen molar-refractivity contribution in [2.75, 3.05) is 0 Å². The molecule has 2 aliphatic rings. The Morgan fingerprint density at radius 3 is 2.78 bits per heavy atom. The van der Waals surface area contributed by atoms with Crippen LogP contribution in [0.5, 0.6) is 0 Å². The van der Waals surface area contributed by atoms with E-state index >= 15 is 0 Å². The van der Waals surface area contributed by atoms with E-state index in [1.165, 1.54) is 17.8 Å². The molecule has 140 valence electrons. The second kappa shape index (κ2) is 6.51. The molecule has 0 saturated heterocycles. The van der Waals surface area contributed by atoms with E-state index in [1.807, 2.05) is 0 Å². The van der Waals surface area contributed by atoms with Gasteiger partial charge >= 0.3 is 0 Å². The van der Waals surface area contributed by atoms with Crippen molar-refractivity contribution in [1.82, 2.24) is 0 Å². The predicted octanol–water partition coefficient (Wildman–Crippen LogP) is 4.47. The molecular weight excluding hydrogens is 380 g/mol. The molecule has 3 rings (SSSR count). The molecule has 2 N–H and O–H groups in total. The molecule has 1 fully saturated rings. The lowest BCUT2D eigenvalue weighted by atomic mass is 9.82. The maximum absolute atomic E-state index is 14.8. The highest BCUT2D eigenvalue weighted by molar-refractivity contribution is 8.15. The summed E-state index contributed by atoms with van der Waals surface area (Å²) in [5.41, 5.74) is 8.29. The zero-order chi connectivity index (χ0) is 20.0. The number of hydrogen-bond acceptors (Lipinski definition) is 4. The van der Waals surface area contributed by atoms with E-state index in [0.717, 1.165) is 0 Å². The van der Waals surface area contributed by atoms with Crippen molar-refractivity contribution in [3.05, 3.63) is 47.5 Å². The Balaban J connectivity index is 2.17. The SMILES string of the molecule is C=C(F)[C@]1(c2cc(C#C[Si](C)(C)C)ccc2F)N=C(N)S[C@@]2(CC#N)C[C@H]21. The molecule has 0 unspecified atom stereocenters. The summed E-state index contributed by atoms with van der Waals surface area (Å²) in [5.74, 6) is 1.38. The highest BCUT2D eigenvalue weighted by Crippen LogP contribution is 2.69. The average Bonchev–Trinajstić information content (AvgIpc) is 3.26. The van der Waals surface area contributed by atoms with Crippen molar-refractivity contribution in [1.29, 1.82) is 5.26 Å². The highest BCUT2D eigenvalue weighted by Gasteiger charge is 2.69. The molecule has 1 saturated carbocycles. The second-order valence-electron chi connectivity index (χ2n) is 8.07. The third-order valence-electron chi connectivity index (χ3n) is 4.87. The number of thioether (sulfide) groups is 1. The number of hydrogen-bond donors (Lipinski definition) is 1. The minimum absolute atomic E-state index is 0.0884. The number of nitrogens with two attached hydrogens (primary N) is 1. The normalized spacial score (nSPS) is 28.9. The number of benzene rings is 1. The number of rotatable bonds is 3. The van der Waals surface area contributed by atoms with Gasteiger partial charge in [0.05, 0.1) is 12.5 Å². The van der Waals surface area contributed by atoms with Crippen LogP contribution in [0.2, 0.25) is 19.6 Å². The Hall–Kier alpha value is -2.09. The molecule has 1 aromatic rings. The molecule has 1 heterocycles. The lowest BCUT2D eigenvalue weighted by Crippen LogP contribution is -2.38. The number of halogens is 2. The van der Waals surface area contributed by atoms with Crippen LogP contribution in [0.25, 0.3) is 0 Å². The number of nitrogens with zero attached hydrogens (tertiary/aromatic N) is 2. The first kappa shape index (κ1) is 19.7. The first-order valence-corrected chi connectivity index (χ1v) is 13.0. The third kappa shape index (κ3) is 3.42. The van der Waals surface area contributed by atoms with Crippen molar-refractivity contribution >= 4 is 25.0 Å². The van der Waals surface area contributed by atoms with Crippen LogP contribution in [0.3, 0.4) is 0 Å². The Morgan fingerprint density at radius 2 is 2.19 bits per heavy atom. The second-order valence-corrected chi connectivity index (χ2v) is 14.3. The highest BCUT2D eigenvalue weighted by atomic mass is 32.2. The first-order valence-electron chi connectivity index (χ1n) is 8.63. The smallest absolute Gasteiger partial charge is 0.155 e. The number of aliphatic imine (C=N–C) groups is 1. The van der Waals surface area contributed by atoms with Crippen molar-refractivity contribution in [2.45, 2.75) is 42.8 Å². The molecule has 1 aliphatic heterocycles. The largest absolute Gasteiger partial charge is 0.378 e. The van der Waals surface area contributed by atoms with E-state index in [2.05, 4.69) is 48.7 Å². The zero-order valence-electron chi connectivity index (χ0n) is 15.6. The van der Waals surface area contributed by atoms with Crippen LogP contribution >= 0.6 is 11.8 Å². The van der Waals surface area contributed by atoms with E-state index in [0.29, 0.717) is 12.0 Å². The van der Waals surface area contributed by atoms with Crippen molar-refractivity contribution in [2.24, 2.45) is 16.6 Å². The summed E-state index contributed by atoms with van der Waals surface area (Å²) in [4.78, 5) is 4.34. The fourth-order valence-corrected chi connectivity index (χ4v) is 5.40. The summed E-state index contributed by atoms with van der Waals surface area (Å²) in [5, 5.41) is 9.32. The number of fused-ring (bicyclic) bond motifs is 1. The van der Waals surface area contributed by atoms with Crippen LogP contribution in [-0.2, 0) is 5.54 Å². The summed E-state index contributed by atoms with van der Waals surface area (Å²) in [6, 6.07) is 6.56. The van der Waals surface area contributed by atoms with Crippen LogP contribution < -0.4 is 5.73 Å². The minimum Gasteiger partial charge on any atom is -0.378 e. The topological polar surface area (TPSA) is 62.2 Å². The van der Waals surface area contributed by atoms with Crippen molar-refractivity contribution in [3.8, 4) is 17.5 Å². The van der Waals surface area contributed by atoms with Crippen LogP contribution in [0.15, 0.2) is 35.6 Å². The zero-order valence-corrected chi connectivity index (χ0v) is 17.4. The molecule has 0 spiro atoms. The van der Waals surface area contributed by atoms with Gasteiger partial charge in [0, 0.05) is 21.8 Å². The summed E-state index contributed by atoms with van der Waals surface area (Å²) in [6.45, 7) is 9.80. The van der Waals surface area contributed by atoms with Gasteiger partial charge in [-0.15, -0.1) is 5.54 Å². The van der Waals surface area contributed by atoms with E-state index in [9.17, 15) is 14.0 Å². The van der Waals surface area contributed by atoms with Crippen molar-refractivity contribution < 1.29 is 8.78 Å². The Kier molecular flexibility index (Phi) is 4.74. The van der Waals surface area contributed by atoms with Gasteiger partial charge in [-0.05, 0) is 24.6 Å². The van der Waals surface area contributed by atoms with Gasteiger partial charge in [0.1, 0.15) is 25.3 Å². The maximum Gasteiger partial charge on any atom is 0.155 e. The van der Waals surface area contributed by atoms with Crippen LogP contribution in [-0.4, -0.2) is 18.0 Å². The van der Waals surface area contributed by atoms with E-state index in [-0.39, 0.29) is 23.1 Å². The van der Waals surface area contributed by atoms with Gasteiger partial charge in [0.25, 0.3) is 0 Å². The first-order chi connectivity index (χ1) is 12.5. The van der Waals surface area contributed by atoms with Gasteiger partial charge in [-0.25, -0.2) is 13.8 Å². The molecule has 0 bridgehead atoms. The molecule has 0 aromatic heterocycles. The minimum atomic E-state index is -1.62. The van der Waals surface area contributed by atoms with E-state index < -0.39 is 30.0 Å². The lowest BCUT2D eigenvalue weighted by molar-refractivity contribution is 0.344. The molecule has 1 aliphatic carbocycles. The van der Waals surface area contributed by atoms with Gasteiger partial charge in [-0.1, -0.05) is 43.9 Å². The fraction of sp³-hybridized carbons (Fsp3) is 0.400. The Labute approximate surface area is 163 Å². The Morgan fingerprint density at radius 1 is 1.48 bits per heavy atom. The predicted molar refractivity (Wildman–Crippen MR) is 109 cm³/mol. The van der Waals surface area contributed by atoms with Crippen LogP contribution in [0.4, 0.5) is 8.78 Å².